The normalized spacial score (nSPS) is 20.5. The number of allylic oxidation sites excluding steroid dienone is 2. The van der Waals surface area contributed by atoms with Crippen molar-refractivity contribution in [2.24, 2.45) is 11.3 Å². The second kappa shape index (κ2) is 7.43. The van der Waals surface area contributed by atoms with Crippen LogP contribution in [0.4, 0.5) is 5.82 Å². The number of nitrogens with zero attached hydrogens (tertiary/aromatic N) is 1. The molecule has 3 heterocycles. The van der Waals surface area contributed by atoms with Crippen LogP contribution in [0.15, 0.2) is 32.7 Å². The molecule has 0 saturated heterocycles. The summed E-state index contributed by atoms with van der Waals surface area (Å²) >= 11 is 3.16. The van der Waals surface area contributed by atoms with E-state index in [0.717, 1.165) is 33.9 Å². The highest BCUT2D eigenvalue weighted by Gasteiger charge is 2.43. The second-order valence-corrected chi connectivity index (χ2v) is 11.2. The molecule has 1 atom stereocenters. The molecule has 29 heavy (non-hydrogen) atoms. The lowest BCUT2D eigenvalue weighted by Crippen LogP contribution is -2.36. The summed E-state index contributed by atoms with van der Waals surface area (Å²) in [6.07, 6.45) is 1.27. The van der Waals surface area contributed by atoms with Gasteiger partial charge in [0, 0.05) is 28.3 Å². The predicted octanol–water partition coefficient (Wildman–Crippen LogP) is 5.09. The number of carbonyl (C=O) groups excluding carboxylic acids is 1. The molecule has 2 aliphatic rings. The molecule has 5 nitrogen and oxygen atoms in total. The maximum atomic E-state index is 13.2. The van der Waals surface area contributed by atoms with Crippen molar-refractivity contribution in [3.8, 4) is 0 Å². The average molecular weight is 430 g/mol. The maximum Gasteiger partial charge on any atom is 0.257 e. The summed E-state index contributed by atoms with van der Waals surface area (Å²) in [5.41, 5.74) is 3.08. The standard InChI is InChI=1S/C22H27N3O2S2/c1-11(2)10-29-21-24-19-17(20(27)25-21)16(18-12(3)6-7-28-18)15-13(23-19)8-22(4,5)9-14(15)26/h6-7,11,16H,8-10H2,1-5H3,(H2,23,24,25,27). The first-order chi connectivity index (χ1) is 13.7. The zero-order valence-electron chi connectivity index (χ0n) is 17.5. The minimum Gasteiger partial charge on any atom is -0.343 e. The van der Waals surface area contributed by atoms with Crippen molar-refractivity contribution in [1.29, 1.82) is 0 Å². The van der Waals surface area contributed by atoms with Gasteiger partial charge in [-0.2, -0.15) is 0 Å². The van der Waals surface area contributed by atoms with Crippen LogP contribution >= 0.6 is 23.1 Å². The van der Waals surface area contributed by atoms with Gasteiger partial charge in [-0.15, -0.1) is 11.3 Å². The van der Waals surface area contributed by atoms with Gasteiger partial charge in [0.1, 0.15) is 5.82 Å². The molecule has 1 aliphatic heterocycles. The number of hydrogen-bond donors (Lipinski definition) is 2. The number of thiophene rings is 1. The van der Waals surface area contributed by atoms with Gasteiger partial charge in [0.2, 0.25) is 0 Å². The van der Waals surface area contributed by atoms with E-state index in [1.165, 1.54) is 0 Å². The quantitative estimate of drug-likeness (QED) is 0.523. The number of Topliss-reactive ketones (excluding diaryl/α,β-unsaturated/α-hetero) is 1. The Labute approximate surface area is 179 Å². The van der Waals surface area contributed by atoms with E-state index in [9.17, 15) is 9.59 Å². The van der Waals surface area contributed by atoms with Gasteiger partial charge < -0.3 is 10.3 Å². The molecular weight excluding hydrogens is 402 g/mol. The number of fused-ring (bicyclic) bond motifs is 1. The third kappa shape index (κ3) is 3.82. The fourth-order valence-corrected chi connectivity index (χ4v) is 6.01. The van der Waals surface area contributed by atoms with Crippen LogP contribution in [-0.2, 0) is 4.79 Å². The summed E-state index contributed by atoms with van der Waals surface area (Å²) in [6, 6.07) is 2.05. The Morgan fingerprint density at radius 3 is 2.72 bits per heavy atom. The van der Waals surface area contributed by atoms with Gasteiger partial charge >= 0.3 is 0 Å². The Bertz CT molecular complexity index is 1060. The molecule has 2 aromatic heterocycles. The Hall–Kier alpha value is -1.86. The van der Waals surface area contributed by atoms with Crippen LogP contribution in [0.1, 0.15) is 62.5 Å². The smallest absolute Gasteiger partial charge is 0.257 e. The van der Waals surface area contributed by atoms with E-state index in [0.29, 0.717) is 28.9 Å². The van der Waals surface area contributed by atoms with Crippen LogP contribution in [0.2, 0.25) is 0 Å². The van der Waals surface area contributed by atoms with Gasteiger partial charge in [-0.3, -0.25) is 9.59 Å². The topological polar surface area (TPSA) is 74.8 Å². The molecule has 0 bridgehead atoms. The summed E-state index contributed by atoms with van der Waals surface area (Å²) in [5.74, 6) is 1.77. The highest BCUT2D eigenvalue weighted by molar-refractivity contribution is 7.99. The first-order valence-electron chi connectivity index (χ1n) is 10.0. The Balaban J connectivity index is 1.89. The molecule has 0 saturated carbocycles. The number of carbonyl (C=O) groups is 1. The lowest BCUT2D eigenvalue weighted by Gasteiger charge is -2.38. The van der Waals surface area contributed by atoms with Gasteiger partial charge in [0.15, 0.2) is 10.9 Å². The monoisotopic (exact) mass is 429 g/mol. The number of aryl methyl sites for hydroxylation is 1. The van der Waals surface area contributed by atoms with Gasteiger partial charge in [0.25, 0.3) is 5.56 Å². The van der Waals surface area contributed by atoms with Crippen LogP contribution in [0.3, 0.4) is 0 Å². The number of rotatable bonds is 4. The molecule has 0 fully saturated rings. The van der Waals surface area contributed by atoms with Crippen molar-refractivity contribution in [3.05, 3.63) is 49.1 Å². The van der Waals surface area contributed by atoms with Crippen molar-refractivity contribution >= 4 is 34.7 Å². The molecule has 1 unspecified atom stereocenters. The first-order valence-corrected chi connectivity index (χ1v) is 11.9. The number of hydrogen-bond acceptors (Lipinski definition) is 6. The molecule has 2 N–H and O–H groups in total. The van der Waals surface area contributed by atoms with Crippen LogP contribution in [0.5, 0.6) is 0 Å². The summed E-state index contributed by atoms with van der Waals surface area (Å²) in [7, 11) is 0. The zero-order chi connectivity index (χ0) is 20.9. The SMILES string of the molecule is Cc1ccsc1C1C2=C(CC(C)(C)CC2=O)Nc2nc(SCC(C)C)[nH]c(=O)c21. The van der Waals surface area contributed by atoms with Crippen LogP contribution in [-0.4, -0.2) is 21.5 Å². The van der Waals surface area contributed by atoms with E-state index in [1.807, 2.05) is 18.4 Å². The van der Waals surface area contributed by atoms with Crippen molar-refractivity contribution < 1.29 is 4.79 Å². The van der Waals surface area contributed by atoms with Gasteiger partial charge in [0.05, 0.1) is 11.5 Å². The van der Waals surface area contributed by atoms with E-state index in [-0.39, 0.29) is 22.7 Å². The molecular formula is C22H27N3O2S2. The summed E-state index contributed by atoms with van der Waals surface area (Å²) in [4.78, 5) is 35.1. The van der Waals surface area contributed by atoms with Crippen LogP contribution in [0, 0.1) is 18.3 Å². The third-order valence-corrected chi connectivity index (χ3v) is 7.80. The number of aromatic amines is 1. The summed E-state index contributed by atoms with van der Waals surface area (Å²) in [5, 5.41) is 6.04. The van der Waals surface area contributed by atoms with Crippen LogP contribution in [0.25, 0.3) is 0 Å². The number of nitrogens with one attached hydrogen (secondary N) is 2. The summed E-state index contributed by atoms with van der Waals surface area (Å²) < 4.78 is 0. The first kappa shape index (κ1) is 20.4. The molecule has 7 heteroatoms. The molecule has 4 rings (SSSR count). The fourth-order valence-electron chi connectivity index (χ4n) is 4.15. The zero-order valence-corrected chi connectivity index (χ0v) is 19.1. The maximum absolute atomic E-state index is 13.2. The van der Waals surface area contributed by atoms with Crippen molar-refractivity contribution in [3.63, 3.8) is 0 Å². The number of H-pyrrole nitrogens is 1. The number of thioether (sulfide) groups is 1. The lowest BCUT2D eigenvalue weighted by molar-refractivity contribution is -0.118. The van der Waals surface area contributed by atoms with Gasteiger partial charge in [-0.1, -0.05) is 39.5 Å². The van der Waals surface area contributed by atoms with E-state index >= 15 is 0 Å². The Morgan fingerprint density at radius 2 is 2.07 bits per heavy atom. The third-order valence-electron chi connectivity index (χ3n) is 5.42. The van der Waals surface area contributed by atoms with E-state index < -0.39 is 0 Å². The van der Waals surface area contributed by atoms with Crippen molar-refractivity contribution in [1.82, 2.24) is 9.97 Å². The molecule has 0 aromatic carbocycles. The molecule has 0 amide bonds. The minimum absolute atomic E-state index is 0.105. The molecule has 154 valence electrons. The minimum atomic E-state index is -0.342. The number of anilines is 1. The predicted molar refractivity (Wildman–Crippen MR) is 120 cm³/mol. The van der Waals surface area contributed by atoms with E-state index in [2.05, 4.69) is 38.0 Å². The van der Waals surface area contributed by atoms with Crippen molar-refractivity contribution in [2.75, 3.05) is 11.1 Å². The molecule has 0 radical (unpaired) electrons. The van der Waals surface area contributed by atoms with Gasteiger partial charge in [-0.05, 0) is 41.7 Å². The number of aromatic nitrogens is 2. The molecule has 0 spiro atoms. The molecule has 2 aromatic rings. The Morgan fingerprint density at radius 1 is 1.31 bits per heavy atom. The fraction of sp³-hybridized carbons (Fsp3) is 0.500. The molecule has 1 aliphatic carbocycles. The van der Waals surface area contributed by atoms with E-state index in [1.54, 1.807) is 23.1 Å². The number of ketones is 1. The highest BCUT2D eigenvalue weighted by Crippen LogP contribution is 2.49. The van der Waals surface area contributed by atoms with Crippen LogP contribution < -0.4 is 10.9 Å². The van der Waals surface area contributed by atoms with E-state index in [4.69, 9.17) is 4.98 Å². The average Bonchev–Trinajstić information content (AvgIpc) is 3.02. The van der Waals surface area contributed by atoms with Gasteiger partial charge in [-0.25, -0.2) is 4.98 Å². The second-order valence-electron chi connectivity index (χ2n) is 9.20. The lowest BCUT2D eigenvalue weighted by atomic mass is 9.70. The highest BCUT2D eigenvalue weighted by atomic mass is 32.2. The Kier molecular flexibility index (Phi) is 5.23. The van der Waals surface area contributed by atoms with Crippen molar-refractivity contribution in [2.45, 2.75) is 58.5 Å². The summed E-state index contributed by atoms with van der Waals surface area (Å²) in [6.45, 7) is 10.6. The largest absolute Gasteiger partial charge is 0.343 e.